The summed E-state index contributed by atoms with van der Waals surface area (Å²) in [5.41, 5.74) is 6.00. The smallest absolute Gasteiger partial charge is 0.102 e. The van der Waals surface area contributed by atoms with E-state index in [9.17, 15) is 0 Å². The van der Waals surface area contributed by atoms with Crippen LogP contribution in [-0.2, 0) is 0 Å². The molecule has 3 atom stereocenters. The second-order valence-corrected chi connectivity index (χ2v) is 4.96. The number of fused-ring (bicyclic) bond motifs is 1. The molecule has 0 radical (unpaired) electrons. The maximum absolute atomic E-state index is 6.00. The van der Waals surface area contributed by atoms with Gasteiger partial charge in [0.25, 0.3) is 0 Å². The van der Waals surface area contributed by atoms with Gasteiger partial charge in [0.05, 0.1) is 12.1 Å². The molecule has 3 heteroatoms. The Kier molecular flexibility index (Phi) is 2.52. The highest BCUT2D eigenvalue weighted by Gasteiger charge is 2.38. The third-order valence-corrected chi connectivity index (χ3v) is 3.49. The predicted octanol–water partition coefficient (Wildman–Crippen LogP) is 1.23. The van der Waals surface area contributed by atoms with Crippen molar-refractivity contribution in [3.63, 3.8) is 0 Å². The summed E-state index contributed by atoms with van der Waals surface area (Å²) in [4.78, 5) is 7.17. The van der Waals surface area contributed by atoms with E-state index in [1.54, 1.807) is 0 Å². The first-order valence-corrected chi connectivity index (χ1v) is 5.65. The number of hydrogen-bond acceptors (Lipinski definition) is 3. The molecule has 1 heterocycles. The molecule has 1 aliphatic carbocycles. The molecule has 80 valence electrons. The van der Waals surface area contributed by atoms with Crippen molar-refractivity contribution in [3.05, 3.63) is 0 Å². The lowest BCUT2D eigenvalue weighted by atomic mass is 9.88. The number of nitrogens with two attached hydrogens (primary N) is 1. The molecule has 2 N–H and O–H groups in total. The van der Waals surface area contributed by atoms with Gasteiger partial charge in [0.1, 0.15) is 5.84 Å². The van der Waals surface area contributed by atoms with E-state index in [2.05, 4.69) is 25.8 Å². The van der Waals surface area contributed by atoms with E-state index < -0.39 is 0 Å². The van der Waals surface area contributed by atoms with Crippen LogP contribution in [0.25, 0.3) is 0 Å². The standard InChI is InChI=1S/C11H21N3/c1-7(2)11-13-9-5-4-8(12)6-10(9)14(11)3/h7-10H,4-6,12H2,1-3H3. The van der Waals surface area contributed by atoms with Crippen molar-refractivity contribution in [1.82, 2.24) is 4.90 Å². The van der Waals surface area contributed by atoms with Crippen molar-refractivity contribution in [2.45, 2.75) is 51.2 Å². The van der Waals surface area contributed by atoms with E-state index in [1.165, 1.54) is 12.3 Å². The van der Waals surface area contributed by atoms with Gasteiger partial charge in [-0.15, -0.1) is 0 Å². The molecule has 2 aliphatic rings. The van der Waals surface area contributed by atoms with E-state index in [0.717, 1.165) is 12.8 Å². The summed E-state index contributed by atoms with van der Waals surface area (Å²) in [6, 6.07) is 1.49. The van der Waals surface area contributed by atoms with Gasteiger partial charge in [-0.25, -0.2) is 0 Å². The van der Waals surface area contributed by atoms with Crippen LogP contribution in [0.5, 0.6) is 0 Å². The zero-order chi connectivity index (χ0) is 10.3. The van der Waals surface area contributed by atoms with Crippen LogP contribution in [0.2, 0.25) is 0 Å². The lowest BCUT2D eigenvalue weighted by Crippen LogP contribution is -2.45. The van der Waals surface area contributed by atoms with Gasteiger partial charge in [-0.3, -0.25) is 4.99 Å². The second kappa shape index (κ2) is 3.54. The fraction of sp³-hybridized carbons (Fsp3) is 0.909. The average Bonchev–Trinajstić information content (AvgIpc) is 2.44. The molecule has 2 rings (SSSR count). The third kappa shape index (κ3) is 1.54. The van der Waals surface area contributed by atoms with Gasteiger partial charge in [0.15, 0.2) is 0 Å². The Morgan fingerprint density at radius 1 is 1.43 bits per heavy atom. The summed E-state index contributed by atoms with van der Waals surface area (Å²) in [5, 5.41) is 0. The Hall–Kier alpha value is -0.570. The quantitative estimate of drug-likeness (QED) is 0.684. The van der Waals surface area contributed by atoms with Gasteiger partial charge in [-0.1, -0.05) is 13.8 Å². The molecule has 3 unspecified atom stereocenters. The lowest BCUT2D eigenvalue weighted by molar-refractivity contribution is 0.251. The summed E-state index contributed by atoms with van der Waals surface area (Å²) in [7, 11) is 2.17. The Balaban J connectivity index is 2.13. The number of likely N-dealkylation sites (N-methyl/N-ethyl adjacent to an activating group) is 1. The van der Waals surface area contributed by atoms with Crippen molar-refractivity contribution in [2.75, 3.05) is 7.05 Å². The summed E-state index contributed by atoms with van der Waals surface area (Å²) < 4.78 is 0. The normalized spacial score (nSPS) is 37.4. The van der Waals surface area contributed by atoms with Crippen LogP contribution in [-0.4, -0.2) is 35.9 Å². The molecular weight excluding hydrogens is 174 g/mol. The Labute approximate surface area is 86.4 Å². The first-order valence-electron chi connectivity index (χ1n) is 5.65. The van der Waals surface area contributed by atoms with Crippen molar-refractivity contribution in [1.29, 1.82) is 0 Å². The van der Waals surface area contributed by atoms with E-state index in [1.807, 2.05) is 0 Å². The average molecular weight is 195 g/mol. The fourth-order valence-electron chi connectivity index (χ4n) is 2.72. The van der Waals surface area contributed by atoms with Crippen LogP contribution in [0.3, 0.4) is 0 Å². The minimum absolute atomic E-state index is 0.389. The number of rotatable bonds is 1. The highest BCUT2D eigenvalue weighted by atomic mass is 15.3. The van der Waals surface area contributed by atoms with Crippen molar-refractivity contribution >= 4 is 5.84 Å². The van der Waals surface area contributed by atoms with Gasteiger partial charge >= 0.3 is 0 Å². The molecular formula is C11H21N3. The summed E-state index contributed by atoms with van der Waals surface area (Å²) in [6.07, 6.45) is 3.43. The molecule has 14 heavy (non-hydrogen) atoms. The molecule has 0 saturated heterocycles. The molecule has 0 amide bonds. The van der Waals surface area contributed by atoms with E-state index in [-0.39, 0.29) is 0 Å². The van der Waals surface area contributed by atoms with Crippen molar-refractivity contribution < 1.29 is 0 Å². The SMILES string of the molecule is CC(C)C1=NC2CCC(N)CC2N1C. The molecule has 0 bridgehead atoms. The van der Waals surface area contributed by atoms with Crippen molar-refractivity contribution in [2.24, 2.45) is 16.6 Å². The molecule has 1 aliphatic heterocycles. The molecule has 0 aromatic heterocycles. The molecule has 1 saturated carbocycles. The van der Waals surface area contributed by atoms with Crippen LogP contribution in [0, 0.1) is 5.92 Å². The fourth-order valence-corrected chi connectivity index (χ4v) is 2.72. The number of aliphatic imine (C=N–C) groups is 1. The minimum atomic E-state index is 0.389. The maximum atomic E-state index is 6.00. The van der Waals surface area contributed by atoms with E-state index in [0.29, 0.717) is 24.0 Å². The topological polar surface area (TPSA) is 41.6 Å². The van der Waals surface area contributed by atoms with Gasteiger partial charge in [0, 0.05) is 19.0 Å². The Bertz CT molecular complexity index is 247. The number of nitrogens with zero attached hydrogens (tertiary/aromatic N) is 2. The summed E-state index contributed by atoms with van der Waals surface area (Å²) in [6.45, 7) is 4.43. The largest absolute Gasteiger partial charge is 0.358 e. The molecule has 0 aromatic carbocycles. The first-order chi connectivity index (χ1) is 6.59. The van der Waals surface area contributed by atoms with Crippen LogP contribution in [0.15, 0.2) is 4.99 Å². The highest BCUT2D eigenvalue weighted by molar-refractivity contribution is 5.86. The summed E-state index contributed by atoms with van der Waals surface area (Å²) in [5.74, 6) is 1.82. The zero-order valence-electron chi connectivity index (χ0n) is 9.40. The zero-order valence-corrected chi connectivity index (χ0v) is 9.40. The van der Waals surface area contributed by atoms with Crippen molar-refractivity contribution in [3.8, 4) is 0 Å². The van der Waals surface area contributed by atoms with Crippen LogP contribution in [0.4, 0.5) is 0 Å². The number of amidine groups is 1. The van der Waals surface area contributed by atoms with E-state index in [4.69, 9.17) is 10.7 Å². The highest BCUT2D eigenvalue weighted by Crippen LogP contribution is 2.30. The minimum Gasteiger partial charge on any atom is -0.358 e. The summed E-state index contributed by atoms with van der Waals surface area (Å²) >= 11 is 0. The van der Waals surface area contributed by atoms with Gasteiger partial charge in [-0.2, -0.15) is 0 Å². The van der Waals surface area contributed by atoms with Gasteiger partial charge in [0.2, 0.25) is 0 Å². The Morgan fingerprint density at radius 3 is 2.79 bits per heavy atom. The van der Waals surface area contributed by atoms with E-state index >= 15 is 0 Å². The van der Waals surface area contributed by atoms with Crippen LogP contribution < -0.4 is 5.73 Å². The predicted molar refractivity (Wildman–Crippen MR) is 59.4 cm³/mol. The maximum Gasteiger partial charge on any atom is 0.102 e. The van der Waals surface area contributed by atoms with Crippen LogP contribution in [0.1, 0.15) is 33.1 Å². The van der Waals surface area contributed by atoms with Crippen LogP contribution >= 0.6 is 0 Å². The molecule has 0 aromatic rings. The second-order valence-electron chi connectivity index (χ2n) is 4.96. The van der Waals surface area contributed by atoms with Gasteiger partial charge in [-0.05, 0) is 19.3 Å². The monoisotopic (exact) mass is 195 g/mol. The molecule has 3 nitrogen and oxygen atoms in total. The Morgan fingerprint density at radius 2 is 2.14 bits per heavy atom. The first kappa shape index (κ1) is 9.97. The van der Waals surface area contributed by atoms with Gasteiger partial charge < -0.3 is 10.6 Å². The molecule has 0 spiro atoms. The third-order valence-electron chi connectivity index (χ3n) is 3.49. The number of hydrogen-bond donors (Lipinski definition) is 1. The lowest BCUT2D eigenvalue weighted by Gasteiger charge is -2.33. The molecule has 1 fully saturated rings.